The number of thioether (sulfide) groups is 10. The van der Waals surface area contributed by atoms with E-state index in [0.717, 1.165) is 0 Å². The van der Waals surface area contributed by atoms with Gasteiger partial charge in [0.25, 0.3) is 0 Å². The summed E-state index contributed by atoms with van der Waals surface area (Å²) in [5, 5.41) is 0. The Kier molecular flexibility index (Phi) is 7.62. The van der Waals surface area contributed by atoms with E-state index in [9.17, 15) is 0 Å². The van der Waals surface area contributed by atoms with E-state index in [4.69, 9.17) is 0 Å². The van der Waals surface area contributed by atoms with Gasteiger partial charge in [-0.3, -0.25) is 0 Å². The second kappa shape index (κ2) is 9.39. The normalized spacial score (nSPS) is 26.1. The zero-order valence-electron chi connectivity index (χ0n) is 13.3. The summed E-state index contributed by atoms with van der Waals surface area (Å²) >= 11 is 21.5. The first-order valence-electron chi connectivity index (χ1n) is 7.23. The second-order valence-corrected chi connectivity index (χ2v) is 23.3. The van der Waals surface area contributed by atoms with Crippen molar-refractivity contribution in [2.24, 2.45) is 0 Å². The Morgan fingerprint density at radius 2 is 1.04 bits per heavy atom. The molecular weight excluding hydrogens is 647 g/mol. The van der Waals surface area contributed by atoms with Crippen LogP contribution in [0.5, 0.6) is 0 Å². The van der Waals surface area contributed by atoms with Gasteiger partial charge in [0.2, 0.25) is 0 Å². The summed E-state index contributed by atoms with van der Waals surface area (Å²) in [5.41, 5.74) is 0. The summed E-state index contributed by atoms with van der Waals surface area (Å²) < 4.78 is 16.0. The van der Waals surface area contributed by atoms with Gasteiger partial charge >= 0.3 is 212 Å². The molecule has 26 heavy (non-hydrogen) atoms. The fourth-order valence-electron chi connectivity index (χ4n) is 2.16. The van der Waals surface area contributed by atoms with Crippen LogP contribution in [-0.4, -0.2) is 53.9 Å². The molecule has 0 spiro atoms. The van der Waals surface area contributed by atoms with Crippen LogP contribution < -0.4 is 0 Å². The molecule has 0 fully saturated rings. The van der Waals surface area contributed by atoms with Crippen molar-refractivity contribution >= 4 is 148 Å². The molecule has 5 aliphatic rings. The maximum atomic E-state index is 2.19. The van der Waals surface area contributed by atoms with Crippen molar-refractivity contribution in [3.63, 3.8) is 0 Å². The molecule has 0 saturated carbocycles. The fourth-order valence-corrected chi connectivity index (χ4v) is 26.9. The predicted octanol–water partition coefficient (Wildman–Crippen LogP) is 7.69. The van der Waals surface area contributed by atoms with Gasteiger partial charge in [-0.1, -0.05) is 0 Å². The summed E-state index contributed by atoms with van der Waals surface area (Å²) in [4.78, 5) is 0. The first-order valence-corrected chi connectivity index (χ1v) is 20.0. The second-order valence-electron chi connectivity index (χ2n) is 4.80. The van der Waals surface area contributed by atoms with Crippen LogP contribution in [0.25, 0.3) is 0 Å². The van der Waals surface area contributed by atoms with Crippen molar-refractivity contribution in [2.75, 3.05) is 24.0 Å². The molecule has 0 unspecified atom stereocenters. The van der Waals surface area contributed by atoms with Gasteiger partial charge < -0.3 is 0 Å². The Morgan fingerprint density at radius 3 is 1.50 bits per heavy atom. The van der Waals surface area contributed by atoms with E-state index in [0.29, 0.717) is 29.9 Å². The Balaban J connectivity index is 1.27. The zero-order valence-corrected chi connectivity index (χ0v) is 24.9. The Labute approximate surface area is 209 Å². The number of hydrogen-bond acceptors (Lipinski definition) is 10. The Bertz CT molecular complexity index is 729. The van der Waals surface area contributed by atoms with Gasteiger partial charge in [0.15, 0.2) is 0 Å². The molecule has 0 atom stereocenters. The van der Waals surface area contributed by atoms with E-state index < -0.39 is 0 Å². The third-order valence-corrected chi connectivity index (χ3v) is 26.6. The molecule has 0 bridgehead atoms. The van der Waals surface area contributed by atoms with E-state index in [-0.39, 0.29) is 0 Å². The average molecular weight is 657 g/mol. The molecule has 0 N–H and O–H groups in total. The van der Waals surface area contributed by atoms with Crippen LogP contribution in [0.2, 0.25) is 0 Å². The van der Waals surface area contributed by atoms with Crippen molar-refractivity contribution in [1.29, 1.82) is 0 Å². The van der Waals surface area contributed by atoms with E-state index in [1.54, 1.807) is 23.7 Å². The van der Waals surface area contributed by atoms with Crippen molar-refractivity contribution < 1.29 is 0 Å². The summed E-state index contributed by atoms with van der Waals surface area (Å²) in [7, 11) is 0. The van der Waals surface area contributed by atoms with Crippen LogP contribution in [-0.2, 0) is 0 Å². The molecule has 5 rings (SSSR count). The molecule has 0 amide bonds. The Morgan fingerprint density at radius 1 is 0.615 bits per heavy atom. The molecule has 0 aliphatic carbocycles. The molecule has 5 aliphatic heterocycles. The first kappa shape index (κ1) is 21.1. The maximum absolute atomic E-state index is 2.19. The molecule has 5 heterocycles. The number of hydrogen-bond donors (Lipinski definition) is 0. The van der Waals surface area contributed by atoms with Gasteiger partial charge in [-0.25, -0.2) is 0 Å². The van der Waals surface area contributed by atoms with E-state index in [1.807, 2.05) is 70.6 Å². The predicted molar refractivity (Wildman–Crippen MR) is 144 cm³/mol. The van der Waals surface area contributed by atoms with Crippen molar-refractivity contribution in [3.05, 3.63) is 40.6 Å². The average Bonchev–Trinajstić information content (AvgIpc) is 3.39. The van der Waals surface area contributed by atoms with Crippen LogP contribution in [0.4, 0.5) is 0 Å². The molecule has 0 nitrogen and oxygen atoms in total. The van der Waals surface area contributed by atoms with Crippen LogP contribution in [0.1, 0.15) is 0 Å². The van der Waals surface area contributed by atoms with Crippen LogP contribution in [0.15, 0.2) is 40.6 Å². The van der Waals surface area contributed by atoms with Gasteiger partial charge in [0.1, 0.15) is 0 Å². The van der Waals surface area contributed by atoms with Gasteiger partial charge in [-0.05, 0) is 0 Å². The third-order valence-electron chi connectivity index (χ3n) is 3.24. The van der Waals surface area contributed by atoms with Crippen LogP contribution >= 0.6 is 118 Å². The molecular formula is C14H10S10Se2. The summed E-state index contributed by atoms with van der Waals surface area (Å²) in [5.74, 6) is 2.64. The van der Waals surface area contributed by atoms with Crippen LogP contribution in [0.3, 0.4) is 0 Å². The molecule has 12 heteroatoms. The van der Waals surface area contributed by atoms with E-state index in [2.05, 4.69) is 59.6 Å². The minimum atomic E-state index is 0.626. The van der Waals surface area contributed by atoms with Crippen molar-refractivity contribution in [2.45, 2.75) is 0 Å². The van der Waals surface area contributed by atoms with Gasteiger partial charge in [-0.15, -0.1) is 0 Å². The van der Waals surface area contributed by atoms with Crippen LogP contribution in [0, 0.1) is 0 Å². The molecule has 0 aromatic carbocycles. The van der Waals surface area contributed by atoms with Gasteiger partial charge in [0.05, 0.1) is 0 Å². The SMILES string of the molecule is CSC1=C(SC)SC(=C2SC3=C(S2)SC(=C2[Se]C4=C(SCCS4)[Se]2)S3)S1. The Hall–Kier alpha value is 3.24. The molecule has 0 aromatic heterocycles. The fraction of sp³-hybridized carbons (Fsp3) is 0.286. The van der Waals surface area contributed by atoms with Crippen molar-refractivity contribution in [1.82, 2.24) is 0 Å². The molecule has 0 aromatic rings. The monoisotopic (exact) mass is 658 g/mol. The zero-order chi connectivity index (χ0) is 17.7. The quantitative estimate of drug-likeness (QED) is 0.270. The first-order chi connectivity index (χ1) is 12.7. The van der Waals surface area contributed by atoms with Gasteiger partial charge in [0, 0.05) is 0 Å². The van der Waals surface area contributed by atoms with Crippen molar-refractivity contribution in [3.8, 4) is 0 Å². The summed E-state index contributed by atoms with van der Waals surface area (Å²) in [6.07, 6.45) is 4.39. The number of rotatable bonds is 2. The molecule has 138 valence electrons. The standard InChI is InChI=1S/C14H10S10Se2/c1-15-5-6(16-2)20-7(19-5)8-21-9-10(22-8)24-11(23-9)14-25-12-13(26-14)18-4-3-17-12/h3-4H2,1-2H3. The van der Waals surface area contributed by atoms with E-state index >= 15 is 0 Å². The van der Waals surface area contributed by atoms with E-state index in [1.165, 1.54) is 28.5 Å². The summed E-state index contributed by atoms with van der Waals surface area (Å²) in [6.45, 7) is 0. The molecule has 0 radical (unpaired) electrons. The summed E-state index contributed by atoms with van der Waals surface area (Å²) in [6, 6.07) is 0. The topological polar surface area (TPSA) is 0 Å². The minimum absolute atomic E-state index is 0.626. The van der Waals surface area contributed by atoms with Gasteiger partial charge in [-0.2, -0.15) is 0 Å². The third kappa shape index (κ3) is 4.27. The molecule has 0 saturated heterocycles.